The number of ether oxygens (including phenoxy) is 3. The Kier molecular flexibility index (Phi) is 5.88. The van der Waals surface area contributed by atoms with Gasteiger partial charge in [-0.05, 0) is 19.1 Å². The highest BCUT2D eigenvalue weighted by Gasteiger charge is 2.43. The van der Waals surface area contributed by atoms with Gasteiger partial charge in [0.15, 0.2) is 10.8 Å². The minimum absolute atomic E-state index is 0.179. The molecule has 32 heavy (non-hydrogen) atoms. The summed E-state index contributed by atoms with van der Waals surface area (Å²) in [6.07, 6.45) is 0. The Bertz CT molecular complexity index is 1170. The second-order valence-electron chi connectivity index (χ2n) is 7.91. The molecule has 1 aliphatic rings. The first kappa shape index (κ1) is 21.8. The van der Waals surface area contributed by atoms with Crippen molar-refractivity contribution in [2.24, 2.45) is 5.41 Å². The number of thiazole rings is 1. The lowest BCUT2D eigenvalue weighted by atomic mass is 9.69. The van der Waals surface area contributed by atoms with Crippen molar-refractivity contribution in [2.45, 2.75) is 26.7 Å². The fraction of sp³-hybridized carbons (Fsp3) is 0.292. The number of hydrogen-bond acceptors (Lipinski definition) is 7. The van der Waals surface area contributed by atoms with Gasteiger partial charge in [0, 0.05) is 28.5 Å². The number of para-hydroxylation sites is 1. The number of benzene rings is 2. The number of hydrogen-bond donors (Lipinski definition) is 1. The highest BCUT2D eigenvalue weighted by molar-refractivity contribution is 7.14. The van der Waals surface area contributed by atoms with E-state index >= 15 is 0 Å². The molecule has 1 amide bonds. The van der Waals surface area contributed by atoms with E-state index < -0.39 is 11.4 Å². The smallest absolute Gasteiger partial charge is 0.357 e. The number of anilines is 1. The minimum atomic E-state index is -0.862. The molecule has 1 N–H and O–H groups in total. The lowest BCUT2D eigenvalue weighted by Gasteiger charge is -2.38. The summed E-state index contributed by atoms with van der Waals surface area (Å²) in [6.45, 7) is 5.78. The summed E-state index contributed by atoms with van der Waals surface area (Å²) in [6, 6.07) is 13.3. The molecule has 0 spiro atoms. The maximum atomic E-state index is 13.5. The van der Waals surface area contributed by atoms with Gasteiger partial charge in [-0.2, -0.15) is 0 Å². The molecule has 1 unspecified atom stereocenters. The summed E-state index contributed by atoms with van der Waals surface area (Å²) in [5, 5.41) is 4.80. The highest BCUT2D eigenvalue weighted by atomic mass is 32.1. The van der Waals surface area contributed by atoms with Crippen LogP contribution in [0.15, 0.2) is 47.8 Å². The molecule has 4 rings (SSSR count). The normalized spacial score (nSPS) is 14.6. The Morgan fingerprint density at radius 2 is 1.91 bits per heavy atom. The molecule has 8 heteroatoms. The molecule has 2 aromatic carbocycles. The largest absolute Gasteiger partial charge is 0.497 e. The van der Waals surface area contributed by atoms with E-state index in [2.05, 4.69) is 10.3 Å². The number of esters is 1. The van der Waals surface area contributed by atoms with Crippen LogP contribution < -0.4 is 14.8 Å². The molecule has 0 saturated carbocycles. The van der Waals surface area contributed by atoms with Crippen molar-refractivity contribution in [3.8, 4) is 17.2 Å². The van der Waals surface area contributed by atoms with Gasteiger partial charge in [0.25, 0.3) is 0 Å². The molecule has 1 aliphatic heterocycles. The van der Waals surface area contributed by atoms with E-state index in [4.69, 9.17) is 14.2 Å². The molecule has 2 heterocycles. The Balaban J connectivity index is 1.67. The topological polar surface area (TPSA) is 86.8 Å². The van der Waals surface area contributed by atoms with Gasteiger partial charge >= 0.3 is 5.97 Å². The van der Waals surface area contributed by atoms with Crippen LogP contribution in [0.1, 0.15) is 48.3 Å². The molecule has 166 valence electrons. The van der Waals surface area contributed by atoms with Gasteiger partial charge in [0.1, 0.15) is 17.2 Å². The third-order valence-corrected chi connectivity index (χ3v) is 6.26. The van der Waals surface area contributed by atoms with Crippen LogP contribution >= 0.6 is 11.3 Å². The van der Waals surface area contributed by atoms with Crippen LogP contribution in [-0.2, 0) is 9.53 Å². The second kappa shape index (κ2) is 8.63. The monoisotopic (exact) mass is 452 g/mol. The molecule has 0 aliphatic carbocycles. The minimum Gasteiger partial charge on any atom is -0.497 e. The van der Waals surface area contributed by atoms with Gasteiger partial charge in [0.05, 0.1) is 19.1 Å². The van der Waals surface area contributed by atoms with Crippen LogP contribution in [-0.4, -0.2) is 30.6 Å². The number of rotatable bonds is 6. The molecule has 0 bridgehead atoms. The van der Waals surface area contributed by atoms with Crippen LogP contribution in [0, 0.1) is 5.41 Å². The summed E-state index contributed by atoms with van der Waals surface area (Å²) in [5.74, 6) is 1.05. The first-order valence-electron chi connectivity index (χ1n) is 10.2. The highest BCUT2D eigenvalue weighted by Crippen LogP contribution is 2.52. The molecular formula is C24H24N2O5S. The summed E-state index contributed by atoms with van der Waals surface area (Å²) < 4.78 is 16.4. The zero-order valence-corrected chi connectivity index (χ0v) is 19.1. The molecule has 0 radical (unpaired) electrons. The van der Waals surface area contributed by atoms with Crippen molar-refractivity contribution >= 4 is 28.3 Å². The molecule has 1 aromatic heterocycles. The number of nitrogens with one attached hydrogen (secondary N) is 1. The molecule has 1 atom stereocenters. The number of carbonyl (C=O) groups is 2. The molecular weight excluding hydrogens is 428 g/mol. The van der Waals surface area contributed by atoms with Gasteiger partial charge in [-0.15, -0.1) is 11.3 Å². The number of carbonyl (C=O) groups excluding carboxylic acids is 2. The van der Waals surface area contributed by atoms with Gasteiger partial charge in [-0.25, -0.2) is 9.78 Å². The molecule has 0 fully saturated rings. The van der Waals surface area contributed by atoms with Gasteiger partial charge < -0.3 is 19.5 Å². The van der Waals surface area contributed by atoms with Crippen LogP contribution in [0.5, 0.6) is 17.2 Å². The van der Waals surface area contributed by atoms with E-state index in [0.29, 0.717) is 22.4 Å². The van der Waals surface area contributed by atoms with E-state index in [1.54, 1.807) is 19.4 Å². The van der Waals surface area contributed by atoms with E-state index in [0.717, 1.165) is 11.1 Å². The number of methoxy groups -OCH3 is 1. The Morgan fingerprint density at radius 3 is 2.66 bits per heavy atom. The predicted octanol–water partition coefficient (Wildman–Crippen LogP) is 5.23. The first-order chi connectivity index (χ1) is 15.3. The summed E-state index contributed by atoms with van der Waals surface area (Å²) >= 11 is 1.19. The Labute approximate surface area is 190 Å². The molecule has 3 aromatic rings. The van der Waals surface area contributed by atoms with E-state index in [1.807, 2.05) is 56.3 Å². The zero-order valence-electron chi connectivity index (χ0n) is 18.3. The summed E-state index contributed by atoms with van der Waals surface area (Å²) in [5.41, 5.74) is 1.14. The van der Waals surface area contributed by atoms with E-state index in [1.165, 1.54) is 11.3 Å². The Morgan fingerprint density at radius 1 is 1.16 bits per heavy atom. The van der Waals surface area contributed by atoms with Crippen molar-refractivity contribution in [1.29, 1.82) is 0 Å². The summed E-state index contributed by atoms with van der Waals surface area (Å²) in [4.78, 5) is 29.6. The quantitative estimate of drug-likeness (QED) is 0.515. The van der Waals surface area contributed by atoms with Gasteiger partial charge in [-0.1, -0.05) is 38.1 Å². The van der Waals surface area contributed by atoms with Crippen LogP contribution in [0.2, 0.25) is 0 Å². The van der Waals surface area contributed by atoms with Crippen molar-refractivity contribution in [3.63, 3.8) is 0 Å². The van der Waals surface area contributed by atoms with Crippen molar-refractivity contribution in [1.82, 2.24) is 4.98 Å². The maximum absolute atomic E-state index is 13.5. The fourth-order valence-corrected chi connectivity index (χ4v) is 4.54. The SMILES string of the molecule is CCOC(=O)c1csc(NC(=O)C(C)(C)C2c3ccccc3Oc3cc(OC)ccc32)n1. The summed E-state index contributed by atoms with van der Waals surface area (Å²) in [7, 11) is 1.60. The average Bonchev–Trinajstić information content (AvgIpc) is 3.25. The molecule has 7 nitrogen and oxygen atoms in total. The number of nitrogens with zero attached hydrogens (tertiary/aromatic N) is 1. The maximum Gasteiger partial charge on any atom is 0.357 e. The molecule has 0 saturated heterocycles. The number of amides is 1. The van der Waals surface area contributed by atoms with Gasteiger partial charge in [-0.3, -0.25) is 4.79 Å². The standard InChI is InChI=1S/C24H24N2O5S/c1-5-30-21(27)17-13-32-23(25-17)26-22(28)24(2,3)20-15-8-6-7-9-18(15)31-19-12-14(29-4)10-11-16(19)20/h6-13,20H,5H2,1-4H3,(H,25,26,28). The van der Waals surface area contributed by atoms with E-state index in [-0.39, 0.29) is 24.1 Å². The lowest BCUT2D eigenvalue weighted by molar-refractivity contribution is -0.124. The third-order valence-electron chi connectivity index (χ3n) is 5.50. The fourth-order valence-electron chi connectivity index (χ4n) is 3.86. The first-order valence-corrected chi connectivity index (χ1v) is 11.1. The average molecular weight is 453 g/mol. The van der Waals surface area contributed by atoms with Gasteiger partial charge in [0.2, 0.25) is 5.91 Å². The Hall–Kier alpha value is -3.39. The number of fused-ring (bicyclic) bond motifs is 2. The van der Waals surface area contributed by atoms with Crippen LogP contribution in [0.4, 0.5) is 5.13 Å². The van der Waals surface area contributed by atoms with Crippen molar-refractivity contribution < 1.29 is 23.8 Å². The van der Waals surface area contributed by atoms with Crippen molar-refractivity contribution in [3.05, 3.63) is 64.7 Å². The van der Waals surface area contributed by atoms with Crippen LogP contribution in [0.25, 0.3) is 0 Å². The second-order valence-corrected chi connectivity index (χ2v) is 8.77. The van der Waals surface area contributed by atoms with Crippen LogP contribution in [0.3, 0.4) is 0 Å². The third kappa shape index (κ3) is 3.93. The van der Waals surface area contributed by atoms with E-state index in [9.17, 15) is 9.59 Å². The lowest BCUT2D eigenvalue weighted by Crippen LogP contribution is -2.38. The van der Waals surface area contributed by atoms with Crippen molar-refractivity contribution in [2.75, 3.05) is 19.0 Å². The zero-order chi connectivity index (χ0) is 22.9. The number of aromatic nitrogens is 1. The predicted molar refractivity (Wildman–Crippen MR) is 122 cm³/mol.